The van der Waals surface area contributed by atoms with Crippen LogP contribution in [0, 0.1) is 11.7 Å². The lowest BCUT2D eigenvalue weighted by Gasteiger charge is -2.21. The Kier molecular flexibility index (Phi) is 4.08. The highest BCUT2D eigenvalue weighted by molar-refractivity contribution is 5.94. The van der Waals surface area contributed by atoms with Gasteiger partial charge >= 0.3 is 0 Å². The average Bonchev–Trinajstić information content (AvgIpc) is 2.29. The Morgan fingerprint density at radius 3 is 2.74 bits per heavy atom. The second-order valence-electron chi connectivity index (χ2n) is 5.71. The Labute approximate surface area is 113 Å². The van der Waals surface area contributed by atoms with E-state index < -0.39 is 0 Å². The molecule has 4 heteroatoms. The number of fused-ring (bicyclic) bond motifs is 1. The van der Waals surface area contributed by atoms with Gasteiger partial charge in [-0.1, -0.05) is 13.8 Å². The minimum Gasteiger partial charge on any atom is -0.380 e. The number of carbonyl (C=O) groups excluding carboxylic acids is 1. The highest BCUT2D eigenvalue weighted by Gasteiger charge is 2.18. The largest absolute Gasteiger partial charge is 0.380 e. The molecule has 1 aromatic carbocycles. The van der Waals surface area contributed by atoms with Gasteiger partial charge in [-0.05, 0) is 43.4 Å². The number of rotatable bonds is 4. The molecule has 19 heavy (non-hydrogen) atoms. The summed E-state index contributed by atoms with van der Waals surface area (Å²) in [4.78, 5) is 11.4. The van der Waals surface area contributed by atoms with E-state index in [-0.39, 0.29) is 17.8 Å². The van der Waals surface area contributed by atoms with Crippen molar-refractivity contribution in [2.45, 2.75) is 46.1 Å². The molecule has 0 spiro atoms. The normalized spacial score (nSPS) is 15.9. The summed E-state index contributed by atoms with van der Waals surface area (Å²) in [7, 11) is 0. The van der Waals surface area contributed by atoms with Crippen LogP contribution in [0.4, 0.5) is 15.8 Å². The molecular formula is C15H21FN2O. The van der Waals surface area contributed by atoms with Gasteiger partial charge in [0.05, 0.1) is 5.69 Å². The zero-order valence-corrected chi connectivity index (χ0v) is 11.7. The first-order valence-corrected chi connectivity index (χ1v) is 6.84. The first kappa shape index (κ1) is 13.8. The van der Waals surface area contributed by atoms with Gasteiger partial charge in [0.2, 0.25) is 5.91 Å². The fourth-order valence-corrected chi connectivity index (χ4v) is 2.54. The van der Waals surface area contributed by atoms with Crippen molar-refractivity contribution in [3.05, 3.63) is 23.5 Å². The van der Waals surface area contributed by atoms with Crippen molar-refractivity contribution in [2.24, 2.45) is 5.92 Å². The molecule has 1 aliphatic rings. The van der Waals surface area contributed by atoms with Gasteiger partial charge in [0.15, 0.2) is 0 Å². The lowest BCUT2D eigenvalue weighted by Crippen LogP contribution is -2.21. The highest BCUT2D eigenvalue weighted by atomic mass is 19.1. The molecule has 1 amide bonds. The molecule has 1 atom stereocenters. The lowest BCUT2D eigenvalue weighted by molar-refractivity contribution is -0.116. The molecule has 2 rings (SSSR count). The van der Waals surface area contributed by atoms with Crippen LogP contribution in [-0.2, 0) is 11.2 Å². The van der Waals surface area contributed by atoms with E-state index in [0.29, 0.717) is 24.4 Å². The molecule has 0 aromatic heterocycles. The molecule has 0 aliphatic carbocycles. The predicted octanol–water partition coefficient (Wildman–Crippen LogP) is 3.56. The van der Waals surface area contributed by atoms with E-state index >= 15 is 0 Å². The molecule has 0 saturated heterocycles. The highest BCUT2D eigenvalue weighted by Crippen LogP contribution is 2.29. The molecule has 104 valence electrons. The van der Waals surface area contributed by atoms with Crippen molar-refractivity contribution in [1.29, 1.82) is 0 Å². The first-order valence-electron chi connectivity index (χ1n) is 6.84. The number of benzene rings is 1. The van der Waals surface area contributed by atoms with Crippen molar-refractivity contribution in [1.82, 2.24) is 0 Å². The summed E-state index contributed by atoms with van der Waals surface area (Å²) in [5.74, 6) is 0.314. The Bertz CT molecular complexity index is 485. The third-order valence-electron chi connectivity index (χ3n) is 3.32. The molecule has 3 nitrogen and oxygen atoms in total. The molecule has 1 heterocycles. The topological polar surface area (TPSA) is 41.1 Å². The average molecular weight is 264 g/mol. The monoisotopic (exact) mass is 264 g/mol. The number of halogens is 1. The van der Waals surface area contributed by atoms with Gasteiger partial charge in [-0.15, -0.1) is 0 Å². The fraction of sp³-hybridized carbons (Fsp3) is 0.533. The van der Waals surface area contributed by atoms with Crippen LogP contribution < -0.4 is 10.6 Å². The third-order valence-corrected chi connectivity index (χ3v) is 3.32. The van der Waals surface area contributed by atoms with E-state index in [2.05, 4.69) is 24.5 Å². The predicted molar refractivity (Wildman–Crippen MR) is 75.9 cm³/mol. The molecular weight excluding hydrogens is 243 g/mol. The Morgan fingerprint density at radius 1 is 1.32 bits per heavy atom. The van der Waals surface area contributed by atoms with Gasteiger partial charge in [-0.25, -0.2) is 4.39 Å². The SMILES string of the molecule is CC(C)CC(C)Nc1cc2c(cc1F)CCC(=O)N2. The summed E-state index contributed by atoms with van der Waals surface area (Å²) in [5.41, 5.74) is 2.07. The van der Waals surface area contributed by atoms with Gasteiger partial charge < -0.3 is 10.6 Å². The van der Waals surface area contributed by atoms with Crippen LogP contribution in [0.3, 0.4) is 0 Å². The third kappa shape index (κ3) is 3.46. The van der Waals surface area contributed by atoms with Gasteiger partial charge in [-0.2, -0.15) is 0 Å². The molecule has 0 bridgehead atoms. The maximum atomic E-state index is 14.0. The smallest absolute Gasteiger partial charge is 0.224 e. The summed E-state index contributed by atoms with van der Waals surface area (Å²) in [6.07, 6.45) is 2.02. The zero-order chi connectivity index (χ0) is 14.0. The molecule has 0 radical (unpaired) electrons. The summed E-state index contributed by atoms with van der Waals surface area (Å²) < 4.78 is 14.0. The second kappa shape index (κ2) is 5.59. The Hall–Kier alpha value is -1.58. The maximum Gasteiger partial charge on any atom is 0.224 e. The van der Waals surface area contributed by atoms with Crippen molar-refractivity contribution >= 4 is 17.3 Å². The van der Waals surface area contributed by atoms with Gasteiger partial charge in [0.25, 0.3) is 0 Å². The standard InChI is InChI=1S/C15H21FN2O/c1-9(2)6-10(3)17-14-8-13-11(7-12(14)16)4-5-15(19)18-13/h7-10,17H,4-6H2,1-3H3,(H,18,19). The molecule has 0 saturated carbocycles. The minimum atomic E-state index is -0.245. The van der Waals surface area contributed by atoms with E-state index in [1.807, 2.05) is 6.92 Å². The quantitative estimate of drug-likeness (QED) is 0.873. The Morgan fingerprint density at radius 2 is 2.05 bits per heavy atom. The van der Waals surface area contributed by atoms with E-state index in [1.165, 1.54) is 6.07 Å². The van der Waals surface area contributed by atoms with Crippen LogP contribution in [-0.4, -0.2) is 11.9 Å². The van der Waals surface area contributed by atoms with Gasteiger partial charge in [-0.3, -0.25) is 4.79 Å². The van der Waals surface area contributed by atoms with Crippen molar-refractivity contribution < 1.29 is 9.18 Å². The number of hydrogen-bond donors (Lipinski definition) is 2. The van der Waals surface area contributed by atoms with Crippen LogP contribution in [0.1, 0.15) is 39.2 Å². The number of hydrogen-bond acceptors (Lipinski definition) is 2. The Balaban J connectivity index is 2.17. The number of nitrogens with one attached hydrogen (secondary N) is 2. The number of aryl methyl sites for hydroxylation is 1. The molecule has 0 fully saturated rings. The molecule has 2 N–H and O–H groups in total. The van der Waals surface area contributed by atoms with Crippen LogP contribution in [0.25, 0.3) is 0 Å². The first-order chi connectivity index (χ1) is 8.95. The summed E-state index contributed by atoms with van der Waals surface area (Å²) in [6.45, 7) is 6.32. The summed E-state index contributed by atoms with van der Waals surface area (Å²) in [6, 6.07) is 3.43. The van der Waals surface area contributed by atoms with Crippen LogP contribution in [0.5, 0.6) is 0 Å². The summed E-state index contributed by atoms with van der Waals surface area (Å²) in [5, 5.41) is 5.98. The number of carbonyl (C=O) groups is 1. The van der Waals surface area contributed by atoms with Gasteiger partial charge in [0.1, 0.15) is 5.82 Å². The van der Waals surface area contributed by atoms with Crippen molar-refractivity contribution in [3.8, 4) is 0 Å². The van der Waals surface area contributed by atoms with E-state index in [4.69, 9.17) is 0 Å². The van der Waals surface area contributed by atoms with Crippen LogP contribution in [0.15, 0.2) is 12.1 Å². The second-order valence-corrected chi connectivity index (χ2v) is 5.71. The summed E-state index contributed by atoms with van der Waals surface area (Å²) >= 11 is 0. The molecule has 1 unspecified atom stereocenters. The van der Waals surface area contributed by atoms with Gasteiger partial charge in [0, 0.05) is 18.2 Å². The van der Waals surface area contributed by atoms with Crippen molar-refractivity contribution in [2.75, 3.05) is 10.6 Å². The minimum absolute atomic E-state index is 0.000266. The maximum absolute atomic E-state index is 14.0. The van der Waals surface area contributed by atoms with E-state index in [9.17, 15) is 9.18 Å². The van der Waals surface area contributed by atoms with Crippen LogP contribution in [0.2, 0.25) is 0 Å². The number of amides is 1. The fourth-order valence-electron chi connectivity index (χ4n) is 2.54. The van der Waals surface area contributed by atoms with E-state index in [1.54, 1.807) is 6.07 Å². The molecule has 1 aliphatic heterocycles. The zero-order valence-electron chi connectivity index (χ0n) is 11.7. The van der Waals surface area contributed by atoms with Crippen molar-refractivity contribution in [3.63, 3.8) is 0 Å². The van der Waals surface area contributed by atoms with E-state index in [0.717, 1.165) is 17.7 Å². The molecule has 1 aromatic rings. The number of anilines is 2. The van der Waals surface area contributed by atoms with Crippen LogP contribution >= 0.6 is 0 Å². The lowest BCUT2D eigenvalue weighted by atomic mass is 10.0.